The van der Waals surface area contributed by atoms with Gasteiger partial charge in [0.2, 0.25) is 0 Å². The van der Waals surface area contributed by atoms with Gasteiger partial charge in [-0.2, -0.15) is 38.1 Å². The molecule has 0 aliphatic carbocycles. The Morgan fingerprint density at radius 3 is 2.24 bits per heavy atom. The quantitative estimate of drug-likeness (QED) is 0.783. The van der Waals surface area contributed by atoms with Crippen molar-refractivity contribution in [3.63, 3.8) is 0 Å². The molecular formula is C12H16F6O2S. The molecule has 2 fully saturated rings. The lowest BCUT2D eigenvalue weighted by molar-refractivity contribution is -0.314. The fraction of sp³-hybridized carbons (Fsp3) is 1.00. The van der Waals surface area contributed by atoms with Crippen LogP contribution in [0.2, 0.25) is 0 Å². The van der Waals surface area contributed by atoms with Crippen LogP contribution in [0.25, 0.3) is 0 Å². The summed E-state index contributed by atoms with van der Waals surface area (Å²) in [7, 11) is 0. The first-order valence-electron chi connectivity index (χ1n) is 6.58. The van der Waals surface area contributed by atoms with Crippen LogP contribution < -0.4 is 0 Å². The molecule has 1 N–H and O–H groups in total. The van der Waals surface area contributed by atoms with E-state index in [4.69, 9.17) is 4.74 Å². The Morgan fingerprint density at radius 1 is 1.14 bits per heavy atom. The van der Waals surface area contributed by atoms with Gasteiger partial charge >= 0.3 is 12.4 Å². The zero-order chi connectivity index (χ0) is 15.9. The number of alkyl halides is 6. The minimum Gasteiger partial charge on any atom is -0.392 e. The fourth-order valence-electron chi connectivity index (χ4n) is 3.07. The summed E-state index contributed by atoms with van der Waals surface area (Å²) in [6.07, 6.45) is -12.8. The molecule has 0 saturated carbocycles. The average molecular weight is 338 g/mol. The Hall–Kier alpha value is -0.150. The van der Waals surface area contributed by atoms with E-state index < -0.39 is 35.9 Å². The fourth-order valence-corrected chi connectivity index (χ4v) is 4.44. The molecule has 2 saturated heterocycles. The highest BCUT2D eigenvalue weighted by Gasteiger charge is 2.62. The SMILES string of the molecule is OC(C1CCOC2(CCSC2)C1)C(C(F)(F)F)C(F)(F)F. The lowest BCUT2D eigenvalue weighted by Crippen LogP contribution is -2.51. The van der Waals surface area contributed by atoms with E-state index in [1.807, 2.05) is 0 Å². The van der Waals surface area contributed by atoms with Crippen molar-refractivity contribution in [3.05, 3.63) is 0 Å². The highest BCUT2D eigenvalue weighted by molar-refractivity contribution is 7.99. The first kappa shape index (κ1) is 17.2. The zero-order valence-corrected chi connectivity index (χ0v) is 11.8. The van der Waals surface area contributed by atoms with Gasteiger partial charge in [-0.1, -0.05) is 0 Å². The van der Waals surface area contributed by atoms with E-state index in [1.165, 1.54) is 0 Å². The zero-order valence-electron chi connectivity index (χ0n) is 11.0. The van der Waals surface area contributed by atoms with Crippen LogP contribution in [0.1, 0.15) is 19.3 Å². The maximum atomic E-state index is 12.7. The molecule has 1 spiro atoms. The number of hydrogen-bond donors (Lipinski definition) is 1. The van der Waals surface area contributed by atoms with Crippen LogP contribution in [0.3, 0.4) is 0 Å². The minimum atomic E-state index is -5.51. The maximum absolute atomic E-state index is 12.7. The molecule has 0 bridgehead atoms. The topological polar surface area (TPSA) is 29.5 Å². The number of aliphatic hydroxyl groups excluding tert-OH is 1. The largest absolute Gasteiger partial charge is 0.403 e. The maximum Gasteiger partial charge on any atom is 0.403 e. The van der Waals surface area contributed by atoms with Gasteiger partial charge in [0.25, 0.3) is 0 Å². The van der Waals surface area contributed by atoms with Crippen molar-refractivity contribution in [2.45, 2.75) is 43.3 Å². The number of rotatable bonds is 2. The molecule has 2 heterocycles. The standard InChI is InChI=1S/C12H16F6O2S/c13-11(14,15)9(12(16,17)18)8(19)7-1-3-20-10(5-7)2-4-21-6-10/h7-9,19H,1-6H2. The van der Waals surface area contributed by atoms with Crippen molar-refractivity contribution >= 4 is 11.8 Å². The monoisotopic (exact) mass is 338 g/mol. The summed E-state index contributed by atoms with van der Waals surface area (Å²) in [6, 6.07) is 0. The highest BCUT2D eigenvalue weighted by Crippen LogP contribution is 2.47. The Labute approximate surface area is 122 Å². The second kappa shape index (κ2) is 5.81. The first-order chi connectivity index (χ1) is 9.55. The lowest BCUT2D eigenvalue weighted by atomic mass is 9.78. The van der Waals surface area contributed by atoms with Crippen LogP contribution in [0.4, 0.5) is 26.3 Å². The van der Waals surface area contributed by atoms with Crippen molar-refractivity contribution in [1.29, 1.82) is 0 Å². The summed E-state index contributed by atoms with van der Waals surface area (Å²) < 4.78 is 81.6. The Bertz CT molecular complexity index is 350. The van der Waals surface area contributed by atoms with Gasteiger partial charge in [0.1, 0.15) is 0 Å². The van der Waals surface area contributed by atoms with E-state index in [1.54, 1.807) is 11.8 Å². The average Bonchev–Trinajstić information content (AvgIpc) is 2.73. The third kappa shape index (κ3) is 3.79. The number of halogens is 6. The van der Waals surface area contributed by atoms with Crippen LogP contribution >= 0.6 is 11.8 Å². The van der Waals surface area contributed by atoms with Crippen molar-refractivity contribution in [1.82, 2.24) is 0 Å². The predicted octanol–water partition coefficient (Wildman–Crippen LogP) is 3.39. The molecule has 124 valence electrons. The molecule has 0 radical (unpaired) electrons. The molecule has 0 amide bonds. The molecule has 0 aromatic rings. The summed E-state index contributed by atoms with van der Waals surface area (Å²) in [5.41, 5.74) is -0.670. The molecular weight excluding hydrogens is 322 g/mol. The molecule has 3 unspecified atom stereocenters. The Kier molecular flexibility index (Phi) is 4.76. The van der Waals surface area contributed by atoms with E-state index >= 15 is 0 Å². The van der Waals surface area contributed by atoms with Crippen molar-refractivity contribution in [2.75, 3.05) is 18.1 Å². The molecule has 3 atom stereocenters. The Morgan fingerprint density at radius 2 is 1.76 bits per heavy atom. The van der Waals surface area contributed by atoms with E-state index in [9.17, 15) is 31.4 Å². The second-order valence-electron chi connectivity index (χ2n) is 5.64. The third-order valence-corrected chi connectivity index (χ3v) is 5.35. The number of ether oxygens (including phenoxy) is 1. The number of hydrogen-bond acceptors (Lipinski definition) is 3. The molecule has 0 aromatic carbocycles. The van der Waals surface area contributed by atoms with Crippen molar-refractivity contribution < 1.29 is 36.2 Å². The van der Waals surface area contributed by atoms with Crippen LogP contribution in [-0.4, -0.2) is 47.3 Å². The van der Waals surface area contributed by atoms with Crippen LogP contribution in [0.5, 0.6) is 0 Å². The second-order valence-corrected chi connectivity index (χ2v) is 6.74. The Balaban J connectivity index is 2.15. The molecule has 2 aliphatic rings. The molecule has 2 aliphatic heterocycles. The van der Waals surface area contributed by atoms with Gasteiger partial charge in [0.15, 0.2) is 5.92 Å². The summed E-state index contributed by atoms with van der Waals surface area (Å²) >= 11 is 1.56. The van der Waals surface area contributed by atoms with Gasteiger partial charge in [-0.25, -0.2) is 0 Å². The normalized spacial score (nSPS) is 32.9. The molecule has 21 heavy (non-hydrogen) atoms. The lowest BCUT2D eigenvalue weighted by Gasteiger charge is -2.41. The van der Waals surface area contributed by atoms with Gasteiger partial charge in [0.05, 0.1) is 11.7 Å². The summed E-state index contributed by atoms with van der Waals surface area (Å²) in [5.74, 6) is -3.42. The van der Waals surface area contributed by atoms with Gasteiger partial charge in [-0.3, -0.25) is 0 Å². The van der Waals surface area contributed by atoms with Gasteiger partial charge in [-0.15, -0.1) is 0 Å². The smallest absolute Gasteiger partial charge is 0.392 e. The van der Waals surface area contributed by atoms with Gasteiger partial charge in [-0.05, 0) is 30.9 Å². The van der Waals surface area contributed by atoms with Crippen molar-refractivity contribution in [3.8, 4) is 0 Å². The van der Waals surface area contributed by atoms with E-state index in [2.05, 4.69) is 0 Å². The third-order valence-electron chi connectivity index (χ3n) is 4.13. The van der Waals surface area contributed by atoms with Crippen molar-refractivity contribution in [2.24, 2.45) is 11.8 Å². The number of thioether (sulfide) groups is 1. The molecule has 9 heteroatoms. The van der Waals surface area contributed by atoms with Crippen LogP contribution in [-0.2, 0) is 4.74 Å². The molecule has 2 nitrogen and oxygen atoms in total. The van der Waals surface area contributed by atoms with E-state index in [0.29, 0.717) is 12.2 Å². The predicted molar refractivity (Wildman–Crippen MR) is 65.0 cm³/mol. The van der Waals surface area contributed by atoms with Crippen LogP contribution in [0, 0.1) is 11.8 Å². The molecule has 0 aromatic heterocycles. The first-order valence-corrected chi connectivity index (χ1v) is 7.74. The summed E-state index contributed by atoms with van der Waals surface area (Å²) in [4.78, 5) is 0. The number of aliphatic hydroxyl groups is 1. The van der Waals surface area contributed by atoms with Gasteiger partial charge < -0.3 is 9.84 Å². The van der Waals surface area contributed by atoms with Gasteiger partial charge in [0, 0.05) is 12.4 Å². The van der Waals surface area contributed by atoms with Crippen LogP contribution in [0.15, 0.2) is 0 Å². The van der Waals surface area contributed by atoms with E-state index in [-0.39, 0.29) is 19.4 Å². The molecule has 2 rings (SSSR count). The minimum absolute atomic E-state index is 0.0102. The summed E-state index contributed by atoms with van der Waals surface area (Å²) in [5, 5.41) is 9.75. The highest BCUT2D eigenvalue weighted by atomic mass is 32.2. The summed E-state index contributed by atoms with van der Waals surface area (Å²) in [6.45, 7) is 0.0880. The van der Waals surface area contributed by atoms with E-state index in [0.717, 1.165) is 5.75 Å².